The molecule has 1 aliphatic rings. The summed E-state index contributed by atoms with van der Waals surface area (Å²) < 4.78 is 1.18. The zero-order valence-corrected chi connectivity index (χ0v) is 10.0. The Morgan fingerprint density at radius 1 is 1.36 bits per heavy atom. The molecule has 1 aromatic rings. The minimum Gasteiger partial charge on any atom is -0.0807 e. The average molecular weight is 251 g/mol. The first-order chi connectivity index (χ1) is 6.75. The largest absolute Gasteiger partial charge is 0.0807 e. The third-order valence-corrected chi connectivity index (χ3v) is 3.31. The third kappa shape index (κ3) is 2.27. The Balaban J connectivity index is 2.26. The number of hydrogen-bond acceptors (Lipinski definition) is 0. The van der Waals surface area contributed by atoms with E-state index in [9.17, 15) is 0 Å². The topological polar surface area (TPSA) is 0 Å². The molecule has 0 bridgehead atoms. The Bertz CT molecular complexity index is 352. The van der Waals surface area contributed by atoms with E-state index in [0.717, 1.165) is 5.92 Å². The molecule has 0 radical (unpaired) electrons. The van der Waals surface area contributed by atoms with Crippen LogP contribution in [0.2, 0.25) is 0 Å². The van der Waals surface area contributed by atoms with Gasteiger partial charge in [-0.15, -0.1) is 0 Å². The molecule has 0 spiro atoms. The molecule has 74 valence electrons. The van der Waals surface area contributed by atoms with Crippen molar-refractivity contribution in [2.24, 2.45) is 5.92 Å². The van der Waals surface area contributed by atoms with E-state index in [-0.39, 0.29) is 0 Å². The minimum absolute atomic E-state index is 0.842. The van der Waals surface area contributed by atoms with Crippen molar-refractivity contribution in [1.29, 1.82) is 0 Å². The van der Waals surface area contributed by atoms with Crippen LogP contribution in [-0.2, 0) is 0 Å². The Hall–Kier alpha value is -0.560. The summed E-state index contributed by atoms with van der Waals surface area (Å²) in [6, 6.07) is 8.61. The second-order valence-corrected chi connectivity index (χ2v) is 5.04. The maximum absolute atomic E-state index is 3.52. The van der Waals surface area contributed by atoms with Crippen molar-refractivity contribution in [2.75, 3.05) is 0 Å². The van der Waals surface area contributed by atoms with Crippen LogP contribution in [0.5, 0.6) is 0 Å². The van der Waals surface area contributed by atoms with Gasteiger partial charge in [0.15, 0.2) is 0 Å². The van der Waals surface area contributed by atoms with Crippen molar-refractivity contribution < 1.29 is 0 Å². The predicted octanol–water partition coefficient (Wildman–Crippen LogP) is 4.65. The molecule has 0 fully saturated rings. The maximum Gasteiger partial charge on any atom is 0.0181 e. The van der Waals surface area contributed by atoms with E-state index >= 15 is 0 Å². The van der Waals surface area contributed by atoms with Crippen LogP contribution in [0.25, 0.3) is 5.57 Å². The lowest BCUT2D eigenvalue weighted by Crippen LogP contribution is -2.01. The van der Waals surface area contributed by atoms with Crippen molar-refractivity contribution in [3.63, 3.8) is 0 Å². The van der Waals surface area contributed by atoms with E-state index in [0.29, 0.717) is 0 Å². The lowest BCUT2D eigenvalue weighted by molar-refractivity contribution is 0.536. The van der Waals surface area contributed by atoms with Gasteiger partial charge in [0.05, 0.1) is 0 Å². The molecule has 0 saturated carbocycles. The van der Waals surface area contributed by atoms with Gasteiger partial charge in [0.25, 0.3) is 0 Å². The van der Waals surface area contributed by atoms with Crippen LogP contribution in [0.3, 0.4) is 0 Å². The van der Waals surface area contributed by atoms with E-state index in [2.05, 4.69) is 53.2 Å². The van der Waals surface area contributed by atoms with Crippen LogP contribution < -0.4 is 0 Å². The summed E-state index contributed by atoms with van der Waals surface area (Å²) in [5.41, 5.74) is 2.90. The van der Waals surface area contributed by atoms with Crippen LogP contribution in [0.4, 0.5) is 0 Å². The molecular formula is C13H15Br. The van der Waals surface area contributed by atoms with Gasteiger partial charge in [-0.05, 0) is 48.4 Å². The third-order valence-electron chi connectivity index (χ3n) is 2.81. The normalized spacial score (nSPS) is 21.9. The molecule has 0 amide bonds. The summed E-state index contributed by atoms with van der Waals surface area (Å²) in [6.45, 7) is 2.34. The first kappa shape index (κ1) is 9.97. The molecule has 2 rings (SSSR count). The summed E-state index contributed by atoms with van der Waals surface area (Å²) in [5, 5.41) is 0. The molecule has 1 heteroatoms. The van der Waals surface area contributed by atoms with Crippen LogP contribution in [-0.4, -0.2) is 0 Å². The minimum atomic E-state index is 0.842. The second-order valence-electron chi connectivity index (χ2n) is 4.13. The Morgan fingerprint density at radius 3 is 2.93 bits per heavy atom. The Labute approximate surface area is 94.2 Å². The molecule has 1 unspecified atom stereocenters. The second kappa shape index (κ2) is 4.31. The lowest BCUT2D eigenvalue weighted by Gasteiger charge is -2.19. The zero-order valence-electron chi connectivity index (χ0n) is 8.46. The molecule has 0 aromatic heterocycles. The van der Waals surface area contributed by atoms with Gasteiger partial charge >= 0.3 is 0 Å². The molecule has 1 aromatic carbocycles. The van der Waals surface area contributed by atoms with E-state index in [1.807, 2.05) is 0 Å². The maximum atomic E-state index is 3.52. The molecule has 14 heavy (non-hydrogen) atoms. The van der Waals surface area contributed by atoms with E-state index in [4.69, 9.17) is 0 Å². The summed E-state index contributed by atoms with van der Waals surface area (Å²) in [5.74, 6) is 0.842. The number of halogens is 1. The molecule has 0 aliphatic heterocycles. The van der Waals surface area contributed by atoms with Crippen molar-refractivity contribution in [1.82, 2.24) is 0 Å². The first-order valence-corrected chi connectivity index (χ1v) is 6.00. The van der Waals surface area contributed by atoms with Crippen molar-refractivity contribution in [3.05, 3.63) is 40.4 Å². The lowest BCUT2D eigenvalue weighted by atomic mass is 9.87. The van der Waals surface area contributed by atoms with Crippen LogP contribution in [0.15, 0.2) is 34.8 Å². The predicted molar refractivity (Wildman–Crippen MR) is 65.1 cm³/mol. The van der Waals surface area contributed by atoms with Gasteiger partial charge in [-0.25, -0.2) is 0 Å². The van der Waals surface area contributed by atoms with Crippen LogP contribution >= 0.6 is 15.9 Å². The van der Waals surface area contributed by atoms with Gasteiger partial charge in [-0.3, -0.25) is 0 Å². The van der Waals surface area contributed by atoms with Crippen molar-refractivity contribution >= 4 is 21.5 Å². The highest BCUT2D eigenvalue weighted by molar-refractivity contribution is 9.10. The van der Waals surface area contributed by atoms with Crippen LogP contribution in [0, 0.1) is 5.92 Å². The molecular weight excluding hydrogens is 236 g/mol. The fourth-order valence-electron chi connectivity index (χ4n) is 2.03. The highest BCUT2D eigenvalue weighted by atomic mass is 79.9. The van der Waals surface area contributed by atoms with Gasteiger partial charge in [0, 0.05) is 4.47 Å². The van der Waals surface area contributed by atoms with Crippen molar-refractivity contribution in [3.8, 4) is 0 Å². The zero-order chi connectivity index (χ0) is 9.97. The Morgan fingerprint density at radius 2 is 2.21 bits per heavy atom. The van der Waals surface area contributed by atoms with Gasteiger partial charge < -0.3 is 0 Å². The summed E-state index contributed by atoms with van der Waals surface area (Å²) >= 11 is 3.52. The number of benzene rings is 1. The molecule has 1 aliphatic carbocycles. The molecule has 0 nitrogen and oxygen atoms in total. The molecule has 0 saturated heterocycles. The standard InChI is InChI=1S/C13H15Br/c1-10-4-2-5-11(8-10)12-6-3-7-13(14)9-12/h3,5-7,9-10H,2,4,8H2,1H3. The summed E-state index contributed by atoms with van der Waals surface area (Å²) in [4.78, 5) is 0. The van der Waals surface area contributed by atoms with E-state index < -0.39 is 0 Å². The average Bonchev–Trinajstić information content (AvgIpc) is 2.18. The molecule has 1 atom stereocenters. The van der Waals surface area contributed by atoms with E-state index in [1.165, 1.54) is 34.9 Å². The highest BCUT2D eigenvalue weighted by Crippen LogP contribution is 2.31. The fraction of sp³-hybridized carbons (Fsp3) is 0.385. The molecule has 0 N–H and O–H groups in total. The van der Waals surface area contributed by atoms with Gasteiger partial charge in [0.2, 0.25) is 0 Å². The smallest absolute Gasteiger partial charge is 0.0181 e. The van der Waals surface area contributed by atoms with E-state index in [1.54, 1.807) is 0 Å². The van der Waals surface area contributed by atoms with Gasteiger partial charge in [-0.1, -0.05) is 41.1 Å². The first-order valence-electron chi connectivity index (χ1n) is 5.20. The highest BCUT2D eigenvalue weighted by Gasteiger charge is 2.12. The summed E-state index contributed by atoms with van der Waals surface area (Å²) in [7, 11) is 0. The Kier molecular flexibility index (Phi) is 3.07. The number of allylic oxidation sites excluding steroid dienone is 2. The van der Waals surface area contributed by atoms with Gasteiger partial charge in [0.1, 0.15) is 0 Å². The number of rotatable bonds is 1. The van der Waals surface area contributed by atoms with Gasteiger partial charge in [-0.2, -0.15) is 0 Å². The summed E-state index contributed by atoms with van der Waals surface area (Å²) in [6.07, 6.45) is 6.21. The van der Waals surface area contributed by atoms with Crippen LogP contribution in [0.1, 0.15) is 31.7 Å². The fourth-order valence-corrected chi connectivity index (χ4v) is 2.43. The SMILES string of the molecule is CC1CCC=C(c2cccc(Br)c2)C1. The number of hydrogen-bond donors (Lipinski definition) is 0. The monoisotopic (exact) mass is 250 g/mol. The molecule has 0 heterocycles. The van der Waals surface area contributed by atoms with Crippen molar-refractivity contribution in [2.45, 2.75) is 26.2 Å². The quantitative estimate of drug-likeness (QED) is 0.681.